The second kappa shape index (κ2) is 10.0. The summed E-state index contributed by atoms with van der Waals surface area (Å²) in [5.41, 5.74) is 18.9. The Morgan fingerprint density at radius 1 is 1.45 bits per heavy atom. The second-order valence-electron chi connectivity index (χ2n) is 7.26. The van der Waals surface area contributed by atoms with Gasteiger partial charge >= 0.3 is 0 Å². The summed E-state index contributed by atoms with van der Waals surface area (Å²) in [5.74, 6) is 2.42. The molecule has 5 rings (SSSR count). The first-order chi connectivity index (χ1) is 13.3. The molecule has 2 saturated heterocycles. The van der Waals surface area contributed by atoms with Gasteiger partial charge in [-0.3, -0.25) is 0 Å². The van der Waals surface area contributed by atoms with E-state index in [4.69, 9.17) is 38.6 Å². The van der Waals surface area contributed by atoms with Gasteiger partial charge < -0.3 is 27.0 Å². The van der Waals surface area contributed by atoms with E-state index in [9.17, 15) is 0 Å². The van der Waals surface area contributed by atoms with Crippen LogP contribution >= 0.6 is 11.6 Å². The van der Waals surface area contributed by atoms with Crippen molar-refractivity contribution in [3.63, 3.8) is 0 Å². The molecule has 1 aromatic heterocycles. The molecule has 3 unspecified atom stereocenters. The molecule has 1 aromatic carbocycles. The third kappa shape index (κ3) is 5.57. The van der Waals surface area contributed by atoms with Crippen molar-refractivity contribution in [3.8, 4) is 0 Å². The molecule has 3 heterocycles. The van der Waals surface area contributed by atoms with Gasteiger partial charge in [-0.1, -0.05) is 55.1 Å². The van der Waals surface area contributed by atoms with Gasteiger partial charge in [-0.15, -0.1) is 11.7 Å². The molecule has 8 nitrogen and oxygen atoms in total. The van der Waals surface area contributed by atoms with Crippen LogP contribution in [0.2, 0.25) is 5.02 Å². The predicted octanol–water partition coefficient (Wildman–Crippen LogP) is 4.31. The van der Waals surface area contributed by atoms with Crippen molar-refractivity contribution in [2.75, 3.05) is 0 Å². The molecular formula is C19H24ClN7OY-2. The molecule has 2 bridgehead atoms. The fourth-order valence-corrected chi connectivity index (χ4v) is 3.97. The summed E-state index contributed by atoms with van der Waals surface area (Å²) < 4.78 is 5.24. The molecule has 1 aliphatic carbocycles. The summed E-state index contributed by atoms with van der Waals surface area (Å²) in [4.78, 5) is 8.14. The largest absolute Gasteiger partial charge is 0.699 e. The summed E-state index contributed by atoms with van der Waals surface area (Å²) in [6.45, 7) is 4.13. The number of hydrogen-bond acceptors (Lipinski definition) is 5. The Kier molecular flexibility index (Phi) is 8.22. The van der Waals surface area contributed by atoms with Crippen LogP contribution in [0.15, 0.2) is 40.1 Å². The molecule has 5 N–H and O–H groups in total. The van der Waals surface area contributed by atoms with Crippen LogP contribution in [0.1, 0.15) is 43.5 Å². The molecule has 0 spiro atoms. The fourth-order valence-electron chi connectivity index (χ4n) is 3.75. The van der Waals surface area contributed by atoms with E-state index in [0.717, 1.165) is 24.7 Å². The molecule has 3 fully saturated rings. The molecule has 3 aliphatic rings. The average molecular weight is 491 g/mol. The first-order valence-electron chi connectivity index (χ1n) is 9.07. The Morgan fingerprint density at radius 2 is 2.17 bits per heavy atom. The molecule has 0 amide bonds. The summed E-state index contributed by atoms with van der Waals surface area (Å²) >= 11 is 5.87. The van der Waals surface area contributed by atoms with Gasteiger partial charge in [0.05, 0.1) is 5.02 Å². The van der Waals surface area contributed by atoms with Crippen LogP contribution < -0.4 is 11.5 Å². The Bertz CT molecular complexity index is 892. The molecule has 1 radical (unpaired) electrons. The van der Waals surface area contributed by atoms with Crippen LogP contribution in [-0.2, 0) is 38.2 Å². The fraction of sp³-hybridized carbons (Fsp3) is 0.421. The number of piperidine rings is 1. The topological polar surface area (TPSA) is 141 Å². The Balaban J connectivity index is 0.000000200. The molecule has 29 heavy (non-hydrogen) atoms. The van der Waals surface area contributed by atoms with Crippen LogP contribution in [-0.4, -0.2) is 22.0 Å². The number of benzene rings is 1. The van der Waals surface area contributed by atoms with Gasteiger partial charge in [-0.05, 0) is 24.4 Å². The molecule has 153 valence electrons. The number of fused-ring (bicyclic) bond motifs is 2. The van der Waals surface area contributed by atoms with Crippen LogP contribution in [0.5, 0.6) is 0 Å². The van der Waals surface area contributed by atoms with E-state index >= 15 is 0 Å². The van der Waals surface area contributed by atoms with E-state index in [1.165, 1.54) is 18.8 Å². The number of nitrogens with two attached hydrogens (primary N) is 2. The molecular weight excluding hydrogens is 467 g/mol. The molecule has 2 aliphatic heterocycles. The van der Waals surface area contributed by atoms with E-state index in [-0.39, 0.29) is 44.1 Å². The summed E-state index contributed by atoms with van der Waals surface area (Å²) in [7, 11) is 0. The van der Waals surface area contributed by atoms with Gasteiger partial charge in [0, 0.05) is 50.7 Å². The summed E-state index contributed by atoms with van der Waals surface area (Å²) in [6, 6.07) is 5.28. The average Bonchev–Trinajstić information content (AvgIpc) is 3.08. The summed E-state index contributed by atoms with van der Waals surface area (Å²) in [5, 5.41) is 9.00. The monoisotopic (exact) mass is 490 g/mol. The van der Waals surface area contributed by atoms with Crippen molar-refractivity contribution < 1.29 is 37.2 Å². The van der Waals surface area contributed by atoms with Crippen molar-refractivity contribution in [1.82, 2.24) is 10.1 Å². The third-order valence-electron chi connectivity index (χ3n) is 4.83. The maximum Gasteiger partial charge on any atom is 0.212 e. The van der Waals surface area contributed by atoms with Gasteiger partial charge in [0.15, 0.2) is 5.82 Å². The van der Waals surface area contributed by atoms with Crippen LogP contribution in [0, 0.1) is 12.8 Å². The van der Waals surface area contributed by atoms with Crippen molar-refractivity contribution in [1.29, 1.82) is 0 Å². The minimum absolute atomic E-state index is 0. The first-order valence-corrected chi connectivity index (χ1v) is 9.45. The van der Waals surface area contributed by atoms with Gasteiger partial charge in [0.2, 0.25) is 5.89 Å². The maximum atomic E-state index is 7.39. The standard InChI is InChI=1S/C10H14N3O.C9H10ClN4.Y/c1-6-3-8-5-10(4-6,12-8)9-11-7(2)13-14-9;10-8-2-1-6(12)5-7(8)9(13)14-4-3-11;/h6,8H,3-5H2,1-2H3;1-5,12H,11H2,(H2,13,14);/q2*-1;/b;4-3-;. The number of rotatable bonds is 3. The normalized spacial score (nSPS) is 25.6. The van der Waals surface area contributed by atoms with E-state index in [0.29, 0.717) is 28.1 Å². The first kappa shape index (κ1) is 23.8. The number of halogens is 1. The van der Waals surface area contributed by atoms with E-state index in [2.05, 4.69) is 22.1 Å². The molecule has 1 saturated carbocycles. The Morgan fingerprint density at radius 3 is 2.76 bits per heavy atom. The number of amidine groups is 1. The van der Waals surface area contributed by atoms with E-state index < -0.39 is 0 Å². The van der Waals surface area contributed by atoms with Crippen molar-refractivity contribution in [2.45, 2.75) is 44.7 Å². The smallest absolute Gasteiger partial charge is 0.212 e. The number of aliphatic imine (C=N–C) groups is 1. The van der Waals surface area contributed by atoms with Crippen molar-refractivity contribution in [3.05, 3.63) is 64.0 Å². The third-order valence-corrected chi connectivity index (χ3v) is 5.16. The Hall–Kier alpha value is -1.48. The van der Waals surface area contributed by atoms with Gasteiger partial charge in [-0.2, -0.15) is 4.98 Å². The van der Waals surface area contributed by atoms with E-state index in [1.807, 2.05) is 6.92 Å². The zero-order valence-corrected chi connectivity index (χ0v) is 20.1. The van der Waals surface area contributed by atoms with Crippen molar-refractivity contribution in [2.24, 2.45) is 22.4 Å². The quantitative estimate of drug-likeness (QED) is 0.487. The molecule has 2 aromatic rings. The van der Waals surface area contributed by atoms with Gasteiger partial charge in [0.25, 0.3) is 0 Å². The zero-order valence-electron chi connectivity index (χ0n) is 16.5. The van der Waals surface area contributed by atoms with Gasteiger partial charge in [-0.25, -0.2) is 4.99 Å². The van der Waals surface area contributed by atoms with E-state index in [1.54, 1.807) is 18.2 Å². The SMILES string of the molecule is Cc1noc(C23CC(C)CC(C2)[N-]3)n1.[NH-]c1ccc(Cl)c(C(N)=N/C=C\N)c1.[Y]. The second-order valence-corrected chi connectivity index (χ2v) is 7.67. The zero-order chi connectivity index (χ0) is 20.3. The van der Waals surface area contributed by atoms with Crippen molar-refractivity contribution >= 4 is 23.1 Å². The van der Waals surface area contributed by atoms with Crippen LogP contribution in [0.3, 0.4) is 0 Å². The van der Waals surface area contributed by atoms with Gasteiger partial charge in [0.1, 0.15) is 5.84 Å². The maximum absolute atomic E-state index is 7.39. The minimum Gasteiger partial charge on any atom is -0.699 e. The summed E-state index contributed by atoms with van der Waals surface area (Å²) in [6.07, 6.45) is 6.05. The van der Waals surface area contributed by atoms with Crippen LogP contribution in [0.4, 0.5) is 5.69 Å². The number of aromatic nitrogens is 2. The predicted molar refractivity (Wildman–Crippen MR) is 110 cm³/mol. The molecule has 3 atom stereocenters. The number of nitrogens with one attached hydrogen (secondary N) is 1. The number of nitrogens with zero attached hydrogens (tertiary/aromatic N) is 4. The minimum atomic E-state index is -0.108. The Labute approximate surface area is 200 Å². The van der Waals surface area contributed by atoms with Crippen LogP contribution in [0.25, 0.3) is 11.1 Å². The number of hydrogen-bond donors (Lipinski definition) is 2. The number of aryl methyl sites for hydroxylation is 1. The molecule has 10 heteroatoms.